The van der Waals surface area contributed by atoms with E-state index in [1.807, 2.05) is 0 Å². The van der Waals surface area contributed by atoms with Gasteiger partial charge in [0.2, 0.25) is 0 Å². The predicted octanol–water partition coefficient (Wildman–Crippen LogP) is 2.39. The summed E-state index contributed by atoms with van der Waals surface area (Å²) in [6, 6.07) is 11.6. The van der Waals surface area contributed by atoms with Crippen molar-refractivity contribution in [2.45, 2.75) is 6.54 Å². The van der Waals surface area contributed by atoms with Gasteiger partial charge in [-0.1, -0.05) is 18.2 Å². The van der Waals surface area contributed by atoms with Crippen molar-refractivity contribution in [1.82, 2.24) is 20.2 Å². The molecule has 6 nitrogen and oxygen atoms in total. The zero-order chi connectivity index (χ0) is 17.6. The van der Waals surface area contributed by atoms with Crippen molar-refractivity contribution in [3.63, 3.8) is 0 Å². The van der Waals surface area contributed by atoms with Gasteiger partial charge in [-0.3, -0.25) is 4.79 Å². The number of carbonyl (C=O) groups excluding carboxylic acids is 1. The van der Waals surface area contributed by atoms with Gasteiger partial charge in [-0.2, -0.15) is 10.2 Å². The van der Waals surface area contributed by atoms with Gasteiger partial charge in [0, 0.05) is 17.2 Å². The molecule has 1 heterocycles. The minimum absolute atomic E-state index is 0.0532. The van der Waals surface area contributed by atoms with E-state index >= 15 is 0 Å². The van der Waals surface area contributed by atoms with Gasteiger partial charge in [-0.25, -0.2) is 23.9 Å². The van der Waals surface area contributed by atoms with Crippen LogP contribution in [0.1, 0.15) is 15.9 Å². The third kappa shape index (κ3) is 4.11. The van der Waals surface area contributed by atoms with Crippen LogP contribution in [0, 0.1) is 11.6 Å². The van der Waals surface area contributed by atoms with E-state index in [1.54, 1.807) is 30.3 Å². The lowest BCUT2D eigenvalue weighted by atomic mass is 10.1. The van der Waals surface area contributed by atoms with Crippen LogP contribution in [0.4, 0.5) is 8.78 Å². The lowest BCUT2D eigenvalue weighted by Crippen LogP contribution is -2.23. The number of benzene rings is 2. The fraction of sp³-hybridized carbons (Fsp3) is 0.0588. The molecule has 1 aromatic heterocycles. The Morgan fingerprint density at radius 1 is 1.16 bits per heavy atom. The Labute approximate surface area is 141 Å². The molecule has 25 heavy (non-hydrogen) atoms. The van der Waals surface area contributed by atoms with Gasteiger partial charge in [0.15, 0.2) is 0 Å². The topological polar surface area (TPSA) is 72.2 Å². The second-order valence-corrected chi connectivity index (χ2v) is 5.08. The summed E-state index contributed by atoms with van der Waals surface area (Å²) in [4.78, 5) is 15.9. The van der Waals surface area contributed by atoms with Gasteiger partial charge in [-0.15, -0.1) is 0 Å². The number of rotatable bonds is 5. The van der Waals surface area contributed by atoms with Crippen LogP contribution in [0.2, 0.25) is 0 Å². The van der Waals surface area contributed by atoms with Crippen LogP contribution in [0.15, 0.2) is 66.3 Å². The number of hydrazone groups is 1. The van der Waals surface area contributed by atoms with Crippen molar-refractivity contribution in [1.29, 1.82) is 0 Å². The van der Waals surface area contributed by atoms with Gasteiger partial charge >= 0.3 is 0 Å². The Balaban J connectivity index is 1.89. The molecule has 3 rings (SSSR count). The standard InChI is InChI=1S/C17H13F2N5O/c18-13-6-7-14(15(19)8-13)16(9-24-11-20-10-21-24)22-23-17(25)12-4-2-1-3-5-12/h1-8,10-11H,9H2,(H,23,25). The van der Waals surface area contributed by atoms with Gasteiger partial charge in [0.1, 0.15) is 24.3 Å². The Morgan fingerprint density at radius 3 is 2.64 bits per heavy atom. The van der Waals surface area contributed by atoms with Crippen LogP contribution in [0.3, 0.4) is 0 Å². The molecule has 0 saturated heterocycles. The number of hydrogen-bond donors (Lipinski definition) is 1. The molecule has 0 bridgehead atoms. The minimum atomic E-state index is -0.784. The van der Waals surface area contributed by atoms with E-state index in [-0.39, 0.29) is 17.8 Å². The summed E-state index contributed by atoms with van der Waals surface area (Å²) in [5, 5.41) is 7.93. The summed E-state index contributed by atoms with van der Waals surface area (Å²) in [5.41, 5.74) is 3.02. The minimum Gasteiger partial charge on any atom is -0.267 e. The summed E-state index contributed by atoms with van der Waals surface area (Å²) in [6.07, 6.45) is 2.75. The third-order valence-electron chi connectivity index (χ3n) is 3.35. The number of carbonyl (C=O) groups is 1. The molecule has 0 atom stereocenters. The summed E-state index contributed by atoms with van der Waals surface area (Å²) in [5.74, 6) is -1.93. The van der Waals surface area contributed by atoms with Crippen LogP contribution in [-0.4, -0.2) is 26.4 Å². The van der Waals surface area contributed by atoms with E-state index in [0.717, 1.165) is 12.1 Å². The Bertz CT molecular complexity index is 895. The first-order valence-corrected chi connectivity index (χ1v) is 7.33. The number of nitrogens with one attached hydrogen (secondary N) is 1. The Kier molecular flexibility index (Phi) is 4.89. The molecule has 3 aromatic rings. The van der Waals surface area contributed by atoms with E-state index in [1.165, 1.54) is 23.4 Å². The van der Waals surface area contributed by atoms with Crippen LogP contribution in [0.25, 0.3) is 0 Å². The van der Waals surface area contributed by atoms with Gasteiger partial charge in [0.25, 0.3) is 5.91 Å². The summed E-state index contributed by atoms with van der Waals surface area (Å²) < 4.78 is 28.7. The smallest absolute Gasteiger partial charge is 0.267 e. The first kappa shape index (κ1) is 16.4. The number of halogens is 2. The maximum Gasteiger partial charge on any atom is 0.271 e. The van der Waals surface area contributed by atoms with E-state index in [9.17, 15) is 13.6 Å². The van der Waals surface area contributed by atoms with E-state index < -0.39 is 17.5 Å². The summed E-state index contributed by atoms with van der Waals surface area (Å²) >= 11 is 0. The second-order valence-electron chi connectivity index (χ2n) is 5.08. The van der Waals surface area contributed by atoms with Gasteiger partial charge in [-0.05, 0) is 24.3 Å². The monoisotopic (exact) mass is 341 g/mol. The molecule has 0 radical (unpaired) electrons. The first-order valence-electron chi connectivity index (χ1n) is 7.33. The summed E-state index contributed by atoms with van der Waals surface area (Å²) in [6.45, 7) is 0.0532. The molecular formula is C17H13F2N5O. The molecule has 0 aliphatic rings. The highest BCUT2D eigenvalue weighted by atomic mass is 19.1. The van der Waals surface area contributed by atoms with Gasteiger partial charge in [0.05, 0.1) is 12.3 Å². The first-order chi connectivity index (χ1) is 12.1. The molecule has 8 heteroatoms. The molecule has 2 aromatic carbocycles. The number of aromatic nitrogens is 3. The van der Waals surface area contributed by atoms with E-state index in [0.29, 0.717) is 5.56 Å². The molecule has 1 amide bonds. The van der Waals surface area contributed by atoms with Crippen LogP contribution < -0.4 is 5.43 Å². The molecular weight excluding hydrogens is 328 g/mol. The molecule has 0 aliphatic heterocycles. The van der Waals surface area contributed by atoms with Crippen molar-refractivity contribution in [3.8, 4) is 0 Å². The average Bonchev–Trinajstić information content (AvgIpc) is 3.12. The maximum absolute atomic E-state index is 14.1. The van der Waals surface area contributed by atoms with Crippen LogP contribution >= 0.6 is 0 Å². The normalized spacial score (nSPS) is 11.4. The largest absolute Gasteiger partial charge is 0.271 e. The Hall–Kier alpha value is -3.42. The lowest BCUT2D eigenvalue weighted by molar-refractivity contribution is 0.0954. The van der Waals surface area contributed by atoms with Crippen molar-refractivity contribution in [2.24, 2.45) is 5.10 Å². The Morgan fingerprint density at radius 2 is 1.96 bits per heavy atom. The molecule has 0 saturated carbocycles. The SMILES string of the molecule is O=C(NN=C(Cn1cncn1)c1ccc(F)cc1F)c1ccccc1. The highest BCUT2D eigenvalue weighted by Crippen LogP contribution is 2.12. The fourth-order valence-corrected chi connectivity index (χ4v) is 2.14. The highest BCUT2D eigenvalue weighted by Gasteiger charge is 2.13. The van der Waals surface area contributed by atoms with Crippen LogP contribution in [0.5, 0.6) is 0 Å². The fourth-order valence-electron chi connectivity index (χ4n) is 2.14. The molecule has 126 valence electrons. The van der Waals surface area contributed by atoms with Gasteiger partial charge < -0.3 is 0 Å². The summed E-state index contributed by atoms with van der Waals surface area (Å²) in [7, 11) is 0. The van der Waals surface area contributed by atoms with Crippen molar-refractivity contribution < 1.29 is 13.6 Å². The zero-order valence-corrected chi connectivity index (χ0v) is 12.9. The maximum atomic E-state index is 14.1. The number of nitrogens with zero attached hydrogens (tertiary/aromatic N) is 4. The molecule has 0 spiro atoms. The van der Waals surface area contributed by atoms with Crippen LogP contribution in [-0.2, 0) is 6.54 Å². The number of hydrogen-bond acceptors (Lipinski definition) is 4. The average molecular weight is 341 g/mol. The van der Waals surface area contributed by atoms with Crippen molar-refractivity contribution >= 4 is 11.6 Å². The third-order valence-corrected chi connectivity index (χ3v) is 3.35. The molecule has 1 N–H and O–H groups in total. The van der Waals surface area contributed by atoms with E-state index in [4.69, 9.17) is 0 Å². The van der Waals surface area contributed by atoms with Crippen molar-refractivity contribution in [3.05, 3.63) is 83.9 Å². The quantitative estimate of drug-likeness (QED) is 0.572. The second kappa shape index (κ2) is 7.43. The predicted molar refractivity (Wildman–Crippen MR) is 86.8 cm³/mol. The van der Waals surface area contributed by atoms with E-state index in [2.05, 4.69) is 20.6 Å². The number of amides is 1. The highest BCUT2D eigenvalue weighted by molar-refractivity contribution is 6.02. The molecule has 0 fully saturated rings. The zero-order valence-electron chi connectivity index (χ0n) is 12.9. The molecule has 0 unspecified atom stereocenters. The lowest BCUT2D eigenvalue weighted by Gasteiger charge is -2.09. The molecule has 0 aliphatic carbocycles. The van der Waals surface area contributed by atoms with Crippen molar-refractivity contribution in [2.75, 3.05) is 0 Å².